The van der Waals surface area contributed by atoms with Crippen LogP contribution in [-0.2, 0) is 9.53 Å². The van der Waals surface area contributed by atoms with Gasteiger partial charge in [-0.3, -0.25) is 9.79 Å². The zero-order valence-corrected chi connectivity index (χ0v) is 17.7. The molecule has 0 atom stereocenters. The second-order valence-electron chi connectivity index (χ2n) is 5.35. The number of nitrogens with one attached hydrogen (secondary N) is 1. The normalized spacial score (nSPS) is 10.6. The summed E-state index contributed by atoms with van der Waals surface area (Å²) in [5, 5.41) is 3.27. The molecule has 142 valence electrons. The fourth-order valence-electron chi connectivity index (χ4n) is 2.06. The van der Waals surface area contributed by atoms with Crippen LogP contribution in [0.4, 0.5) is 0 Å². The molecule has 0 unspecified atom stereocenters. The summed E-state index contributed by atoms with van der Waals surface area (Å²) >= 11 is 0. The minimum atomic E-state index is -0.166. The van der Waals surface area contributed by atoms with Crippen molar-refractivity contribution in [1.29, 1.82) is 0 Å². The van der Waals surface area contributed by atoms with E-state index in [2.05, 4.69) is 15.0 Å². The van der Waals surface area contributed by atoms with Crippen LogP contribution in [0.5, 0.6) is 5.75 Å². The number of carbonyl (C=O) groups excluding carboxylic acids is 1. The van der Waals surface area contributed by atoms with Crippen LogP contribution in [0.25, 0.3) is 0 Å². The van der Waals surface area contributed by atoms with Gasteiger partial charge in [-0.25, -0.2) is 0 Å². The Morgan fingerprint density at radius 2 is 1.96 bits per heavy atom. The average Bonchev–Trinajstić information content (AvgIpc) is 2.61. The molecule has 0 aliphatic carbocycles. The highest BCUT2D eigenvalue weighted by molar-refractivity contribution is 14.0. The summed E-state index contributed by atoms with van der Waals surface area (Å²) in [5.74, 6) is 1.56. The fraction of sp³-hybridized carbons (Fsp3) is 0.556. The summed E-state index contributed by atoms with van der Waals surface area (Å²) in [4.78, 5) is 17.7. The lowest BCUT2D eigenvalue weighted by molar-refractivity contribution is -0.140. The molecular formula is C18H30IN3O3. The summed E-state index contributed by atoms with van der Waals surface area (Å²) in [5.41, 5.74) is 0. The number of hydrogen-bond acceptors (Lipinski definition) is 4. The van der Waals surface area contributed by atoms with Crippen LogP contribution in [0.2, 0.25) is 0 Å². The predicted molar refractivity (Wildman–Crippen MR) is 112 cm³/mol. The molecule has 0 amide bonds. The zero-order valence-electron chi connectivity index (χ0n) is 15.4. The van der Waals surface area contributed by atoms with Gasteiger partial charge in [0.05, 0.1) is 13.7 Å². The molecule has 0 heterocycles. The van der Waals surface area contributed by atoms with E-state index < -0.39 is 0 Å². The second-order valence-corrected chi connectivity index (χ2v) is 5.35. The zero-order chi connectivity index (χ0) is 17.6. The number of benzene rings is 1. The quantitative estimate of drug-likeness (QED) is 0.190. The number of ether oxygens (including phenoxy) is 2. The lowest BCUT2D eigenvalue weighted by Gasteiger charge is -2.22. The minimum Gasteiger partial charge on any atom is -0.492 e. The van der Waals surface area contributed by atoms with Gasteiger partial charge in [-0.15, -0.1) is 24.0 Å². The van der Waals surface area contributed by atoms with Crippen molar-refractivity contribution in [2.24, 2.45) is 4.99 Å². The van der Waals surface area contributed by atoms with Gasteiger partial charge in [-0.1, -0.05) is 18.2 Å². The molecule has 0 spiro atoms. The molecule has 0 saturated heterocycles. The highest BCUT2D eigenvalue weighted by atomic mass is 127. The van der Waals surface area contributed by atoms with Crippen LogP contribution >= 0.6 is 24.0 Å². The smallest absolute Gasteiger partial charge is 0.305 e. The maximum atomic E-state index is 11.1. The van der Waals surface area contributed by atoms with Crippen molar-refractivity contribution in [3.63, 3.8) is 0 Å². The number of halogens is 1. The van der Waals surface area contributed by atoms with E-state index in [9.17, 15) is 4.79 Å². The van der Waals surface area contributed by atoms with Crippen molar-refractivity contribution in [2.75, 3.05) is 40.4 Å². The molecule has 1 aromatic rings. The number of methoxy groups -OCH3 is 1. The van der Waals surface area contributed by atoms with E-state index in [1.54, 1.807) is 0 Å². The van der Waals surface area contributed by atoms with Gasteiger partial charge >= 0.3 is 5.97 Å². The molecule has 25 heavy (non-hydrogen) atoms. The molecule has 0 radical (unpaired) electrons. The molecule has 0 saturated carbocycles. The van der Waals surface area contributed by atoms with E-state index in [1.807, 2.05) is 49.2 Å². The third-order valence-corrected chi connectivity index (χ3v) is 3.41. The maximum Gasteiger partial charge on any atom is 0.305 e. The van der Waals surface area contributed by atoms with Crippen LogP contribution < -0.4 is 10.1 Å². The Hall–Kier alpha value is -1.51. The topological polar surface area (TPSA) is 63.2 Å². The first kappa shape index (κ1) is 23.5. The number of aliphatic imine (C=N–C) groups is 1. The first-order valence-electron chi connectivity index (χ1n) is 8.41. The molecule has 1 aromatic carbocycles. The van der Waals surface area contributed by atoms with Gasteiger partial charge in [0.2, 0.25) is 0 Å². The summed E-state index contributed by atoms with van der Waals surface area (Å²) < 4.78 is 10.3. The summed E-state index contributed by atoms with van der Waals surface area (Å²) in [7, 11) is 3.40. The molecule has 0 fully saturated rings. The molecule has 7 heteroatoms. The first-order chi connectivity index (χ1) is 11.7. The van der Waals surface area contributed by atoms with Crippen LogP contribution in [0.1, 0.15) is 26.2 Å². The SMILES string of the molecule is CCNC(=NCCCCC(=O)OC)N(C)CCOc1ccccc1.I. The van der Waals surface area contributed by atoms with E-state index >= 15 is 0 Å². The number of rotatable bonds is 10. The number of para-hydroxylation sites is 1. The van der Waals surface area contributed by atoms with Crippen LogP contribution in [0.3, 0.4) is 0 Å². The van der Waals surface area contributed by atoms with E-state index in [0.29, 0.717) is 19.6 Å². The first-order valence-corrected chi connectivity index (χ1v) is 8.41. The highest BCUT2D eigenvalue weighted by Gasteiger charge is 2.06. The van der Waals surface area contributed by atoms with Gasteiger partial charge < -0.3 is 19.7 Å². The number of hydrogen-bond donors (Lipinski definition) is 1. The molecular weight excluding hydrogens is 433 g/mol. The van der Waals surface area contributed by atoms with Crippen molar-refractivity contribution < 1.29 is 14.3 Å². The molecule has 1 rings (SSSR count). The van der Waals surface area contributed by atoms with Crippen molar-refractivity contribution >= 4 is 35.9 Å². The molecule has 0 aliphatic heterocycles. The van der Waals surface area contributed by atoms with E-state index in [4.69, 9.17) is 4.74 Å². The largest absolute Gasteiger partial charge is 0.492 e. The molecule has 1 N–H and O–H groups in total. The molecule has 0 bridgehead atoms. The third kappa shape index (κ3) is 10.9. The van der Waals surface area contributed by atoms with E-state index in [0.717, 1.165) is 37.6 Å². The Morgan fingerprint density at radius 3 is 2.60 bits per heavy atom. The predicted octanol–water partition coefficient (Wildman–Crippen LogP) is 2.92. The molecule has 0 aliphatic rings. The number of unbranched alkanes of at least 4 members (excludes halogenated alkanes) is 1. The van der Waals surface area contributed by atoms with Gasteiger partial charge in [-0.2, -0.15) is 0 Å². The lowest BCUT2D eigenvalue weighted by Crippen LogP contribution is -2.41. The van der Waals surface area contributed by atoms with Gasteiger partial charge in [0.15, 0.2) is 5.96 Å². The summed E-state index contributed by atoms with van der Waals surface area (Å²) in [6.45, 7) is 4.87. The number of likely N-dealkylation sites (N-methyl/N-ethyl adjacent to an activating group) is 1. The summed E-state index contributed by atoms with van der Waals surface area (Å²) in [6, 6.07) is 9.77. The van der Waals surface area contributed by atoms with Gasteiger partial charge in [0, 0.05) is 26.6 Å². The van der Waals surface area contributed by atoms with Crippen molar-refractivity contribution in [3.05, 3.63) is 30.3 Å². The number of carbonyl (C=O) groups is 1. The third-order valence-electron chi connectivity index (χ3n) is 3.41. The highest BCUT2D eigenvalue weighted by Crippen LogP contribution is 2.07. The van der Waals surface area contributed by atoms with Crippen molar-refractivity contribution in [1.82, 2.24) is 10.2 Å². The second kappa shape index (κ2) is 14.8. The Bertz CT molecular complexity index is 498. The van der Waals surface area contributed by atoms with Gasteiger partial charge in [0.1, 0.15) is 12.4 Å². The Balaban J connectivity index is 0.00000576. The molecule has 0 aromatic heterocycles. The van der Waals surface area contributed by atoms with Gasteiger partial charge in [0.25, 0.3) is 0 Å². The van der Waals surface area contributed by atoms with Crippen LogP contribution in [0, 0.1) is 0 Å². The van der Waals surface area contributed by atoms with E-state index in [-0.39, 0.29) is 29.9 Å². The van der Waals surface area contributed by atoms with Crippen LogP contribution in [-0.4, -0.2) is 57.2 Å². The standard InChI is InChI=1S/C18H29N3O3.HI/c1-4-19-18(20-13-9-8-12-17(22)23-3)21(2)14-15-24-16-10-6-5-7-11-16;/h5-7,10-11H,4,8-9,12-15H2,1-3H3,(H,19,20);1H. The van der Waals surface area contributed by atoms with Crippen LogP contribution in [0.15, 0.2) is 35.3 Å². The van der Waals surface area contributed by atoms with Crippen molar-refractivity contribution in [2.45, 2.75) is 26.2 Å². The summed E-state index contributed by atoms with van der Waals surface area (Å²) in [6.07, 6.45) is 2.10. The van der Waals surface area contributed by atoms with E-state index in [1.165, 1.54) is 7.11 Å². The number of nitrogens with zero attached hydrogens (tertiary/aromatic N) is 2. The molecule has 6 nitrogen and oxygen atoms in total. The average molecular weight is 463 g/mol. The number of esters is 1. The van der Waals surface area contributed by atoms with Crippen molar-refractivity contribution in [3.8, 4) is 5.75 Å². The minimum absolute atomic E-state index is 0. The Morgan fingerprint density at radius 1 is 1.24 bits per heavy atom. The van der Waals surface area contributed by atoms with Gasteiger partial charge in [-0.05, 0) is 31.9 Å². The Labute approximate surface area is 168 Å². The monoisotopic (exact) mass is 463 g/mol. The lowest BCUT2D eigenvalue weighted by atomic mass is 10.2. The maximum absolute atomic E-state index is 11.1. The number of guanidine groups is 1. The Kier molecular flexibility index (Phi) is 13.9. The fourth-order valence-corrected chi connectivity index (χ4v) is 2.06.